The molecule has 7 nitrogen and oxygen atoms in total. The summed E-state index contributed by atoms with van der Waals surface area (Å²) in [5, 5.41) is 5.70. The Labute approximate surface area is 127 Å². The van der Waals surface area contributed by atoms with Gasteiger partial charge in [0.2, 0.25) is 11.8 Å². The van der Waals surface area contributed by atoms with Crippen molar-refractivity contribution < 1.29 is 14.3 Å². The number of methoxy groups -OCH3 is 1. The smallest absolute Gasteiger partial charge is 0.234 e. The van der Waals surface area contributed by atoms with Gasteiger partial charge in [0.05, 0.1) is 19.7 Å². The Bertz CT molecular complexity index is 317. The number of hydrogen-bond acceptors (Lipinski definition) is 5. The molecule has 21 heavy (non-hydrogen) atoms. The van der Waals surface area contributed by atoms with Crippen LogP contribution in [0.5, 0.6) is 0 Å². The van der Waals surface area contributed by atoms with Crippen molar-refractivity contribution in [3.63, 3.8) is 0 Å². The Hall–Kier alpha value is -1.18. The van der Waals surface area contributed by atoms with Crippen molar-refractivity contribution in [2.45, 2.75) is 13.3 Å². The Balaban J connectivity index is 2.14. The maximum atomic E-state index is 11.7. The third-order valence-electron chi connectivity index (χ3n) is 3.40. The van der Waals surface area contributed by atoms with Gasteiger partial charge in [-0.05, 0) is 6.42 Å². The van der Waals surface area contributed by atoms with E-state index in [0.29, 0.717) is 26.2 Å². The number of rotatable bonds is 9. The normalized spacial score (nSPS) is 16.7. The van der Waals surface area contributed by atoms with Gasteiger partial charge < -0.3 is 15.4 Å². The zero-order valence-corrected chi connectivity index (χ0v) is 13.2. The van der Waals surface area contributed by atoms with E-state index in [2.05, 4.69) is 20.4 Å². The summed E-state index contributed by atoms with van der Waals surface area (Å²) in [6.07, 6.45) is 0.956. The highest BCUT2D eigenvalue weighted by Gasteiger charge is 2.20. The van der Waals surface area contributed by atoms with Crippen LogP contribution in [0.3, 0.4) is 0 Å². The molecule has 0 atom stereocenters. The minimum Gasteiger partial charge on any atom is -0.383 e. The van der Waals surface area contributed by atoms with Crippen LogP contribution in [0.1, 0.15) is 13.3 Å². The predicted molar refractivity (Wildman–Crippen MR) is 81.1 cm³/mol. The zero-order chi connectivity index (χ0) is 15.5. The van der Waals surface area contributed by atoms with E-state index in [1.165, 1.54) is 0 Å². The standard InChI is InChI=1S/C14H28N4O3/c1-3-4-15-13(19)11-17-6-8-18(9-7-17)12-14(20)16-5-10-21-2/h3-12H2,1-2H3,(H,15,19)(H,16,20). The van der Waals surface area contributed by atoms with Crippen LogP contribution in [0.2, 0.25) is 0 Å². The molecule has 0 aromatic heterocycles. The van der Waals surface area contributed by atoms with Crippen LogP contribution in [0.15, 0.2) is 0 Å². The lowest BCUT2D eigenvalue weighted by Crippen LogP contribution is -2.51. The van der Waals surface area contributed by atoms with Gasteiger partial charge in [0, 0.05) is 46.4 Å². The minimum absolute atomic E-state index is 0.0289. The summed E-state index contributed by atoms with van der Waals surface area (Å²) in [5.74, 6) is 0.115. The van der Waals surface area contributed by atoms with Crippen LogP contribution in [0.25, 0.3) is 0 Å². The molecule has 0 unspecified atom stereocenters. The second kappa shape index (κ2) is 10.5. The lowest BCUT2D eigenvalue weighted by Gasteiger charge is -2.33. The number of ether oxygens (including phenoxy) is 1. The van der Waals surface area contributed by atoms with E-state index in [0.717, 1.165) is 39.1 Å². The number of carbonyl (C=O) groups excluding carboxylic acids is 2. The number of piperazine rings is 1. The Morgan fingerprint density at radius 3 is 1.86 bits per heavy atom. The Morgan fingerprint density at radius 1 is 0.952 bits per heavy atom. The summed E-state index contributed by atoms with van der Waals surface area (Å²) in [4.78, 5) is 27.6. The molecular formula is C14H28N4O3. The summed E-state index contributed by atoms with van der Waals surface area (Å²) in [6.45, 7) is 8.01. The van der Waals surface area contributed by atoms with Gasteiger partial charge in [-0.1, -0.05) is 6.92 Å². The quantitative estimate of drug-likeness (QED) is 0.528. The van der Waals surface area contributed by atoms with Crippen molar-refractivity contribution in [1.29, 1.82) is 0 Å². The average Bonchev–Trinajstić information content (AvgIpc) is 2.47. The molecule has 0 aliphatic carbocycles. The first-order valence-electron chi connectivity index (χ1n) is 7.62. The second-order valence-corrected chi connectivity index (χ2v) is 5.25. The van der Waals surface area contributed by atoms with Gasteiger partial charge in [0.1, 0.15) is 0 Å². The van der Waals surface area contributed by atoms with Crippen molar-refractivity contribution in [1.82, 2.24) is 20.4 Å². The van der Waals surface area contributed by atoms with Crippen molar-refractivity contribution in [3.05, 3.63) is 0 Å². The van der Waals surface area contributed by atoms with E-state index < -0.39 is 0 Å². The number of amides is 2. The predicted octanol–water partition coefficient (Wildman–Crippen LogP) is -1.11. The van der Waals surface area contributed by atoms with Crippen molar-refractivity contribution in [2.24, 2.45) is 0 Å². The summed E-state index contributed by atoms with van der Waals surface area (Å²) >= 11 is 0. The minimum atomic E-state index is 0.0289. The van der Waals surface area contributed by atoms with Crippen LogP contribution in [-0.4, -0.2) is 87.7 Å². The number of hydrogen-bond donors (Lipinski definition) is 2. The fourth-order valence-electron chi connectivity index (χ4n) is 2.18. The molecule has 1 rings (SSSR count). The van der Waals surface area contributed by atoms with Crippen LogP contribution in [-0.2, 0) is 14.3 Å². The van der Waals surface area contributed by atoms with Crippen LogP contribution in [0, 0.1) is 0 Å². The lowest BCUT2D eigenvalue weighted by molar-refractivity contribution is -0.125. The molecule has 0 aromatic carbocycles. The van der Waals surface area contributed by atoms with E-state index in [4.69, 9.17) is 4.74 Å². The van der Waals surface area contributed by atoms with Gasteiger partial charge in [-0.2, -0.15) is 0 Å². The summed E-state index contributed by atoms with van der Waals surface area (Å²) < 4.78 is 4.89. The summed E-state index contributed by atoms with van der Waals surface area (Å²) in [5.41, 5.74) is 0. The number of carbonyl (C=O) groups is 2. The van der Waals surface area contributed by atoms with Gasteiger partial charge in [-0.3, -0.25) is 19.4 Å². The van der Waals surface area contributed by atoms with E-state index in [1.807, 2.05) is 6.92 Å². The van der Waals surface area contributed by atoms with Crippen molar-refractivity contribution in [2.75, 3.05) is 66.1 Å². The van der Waals surface area contributed by atoms with Crippen LogP contribution in [0.4, 0.5) is 0 Å². The number of nitrogens with zero attached hydrogens (tertiary/aromatic N) is 2. The molecule has 1 fully saturated rings. The molecule has 0 aromatic rings. The summed E-state index contributed by atoms with van der Waals surface area (Å²) in [6, 6.07) is 0. The molecule has 0 radical (unpaired) electrons. The largest absolute Gasteiger partial charge is 0.383 e. The fraction of sp³-hybridized carbons (Fsp3) is 0.857. The highest BCUT2D eigenvalue weighted by Crippen LogP contribution is 2.00. The molecule has 0 saturated carbocycles. The molecular weight excluding hydrogens is 272 g/mol. The molecule has 1 heterocycles. The molecule has 0 bridgehead atoms. The SMILES string of the molecule is CCCNC(=O)CN1CCN(CC(=O)NCCOC)CC1. The molecule has 122 valence electrons. The maximum absolute atomic E-state index is 11.7. The van der Waals surface area contributed by atoms with Crippen molar-refractivity contribution >= 4 is 11.8 Å². The molecule has 0 spiro atoms. The van der Waals surface area contributed by atoms with E-state index in [9.17, 15) is 9.59 Å². The third-order valence-corrected chi connectivity index (χ3v) is 3.40. The van der Waals surface area contributed by atoms with Crippen LogP contribution < -0.4 is 10.6 Å². The Morgan fingerprint density at radius 2 is 1.43 bits per heavy atom. The van der Waals surface area contributed by atoms with E-state index in [1.54, 1.807) is 7.11 Å². The molecule has 7 heteroatoms. The van der Waals surface area contributed by atoms with Gasteiger partial charge >= 0.3 is 0 Å². The molecule has 2 amide bonds. The Kier molecular flexibility index (Phi) is 8.96. The monoisotopic (exact) mass is 300 g/mol. The first-order valence-corrected chi connectivity index (χ1v) is 7.62. The third kappa shape index (κ3) is 7.99. The fourth-order valence-corrected chi connectivity index (χ4v) is 2.18. The number of nitrogens with one attached hydrogen (secondary N) is 2. The maximum Gasteiger partial charge on any atom is 0.234 e. The van der Waals surface area contributed by atoms with Crippen LogP contribution >= 0.6 is 0 Å². The van der Waals surface area contributed by atoms with Gasteiger partial charge in [0.15, 0.2) is 0 Å². The highest BCUT2D eigenvalue weighted by molar-refractivity contribution is 5.78. The highest BCUT2D eigenvalue weighted by atomic mass is 16.5. The van der Waals surface area contributed by atoms with Gasteiger partial charge in [-0.25, -0.2) is 0 Å². The molecule has 1 aliphatic heterocycles. The first kappa shape index (κ1) is 17.9. The van der Waals surface area contributed by atoms with E-state index >= 15 is 0 Å². The lowest BCUT2D eigenvalue weighted by atomic mass is 10.3. The molecule has 1 aliphatic rings. The average molecular weight is 300 g/mol. The van der Waals surface area contributed by atoms with Gasteiger partial charge in [-0.15, -0.1) is 0 Å². The van der Waals surface area contributed by atoms with Crippen molar-refractivity contribution in [3.8, 4) is 0 Å². The zero-order valence-electron chi connectivity index (χ0n) is 13.2. The van der Waals surface area contributed by atoms with E-state index in [-0.39, 0.29) is 11.8 Å². The van der Waals surface area contributed by atoms with Gasteiger partial charge in [0.25, 0.3) is 0 Å². The topological polar surface area (TPSA) is 73.9 Å². The molecule has 1 saturated heterocycles. The summed E-state index contributed by atoms with van der Waals surface area (Å²) in [7, 11) is 1.61. The molecule has 2 N–H and O–H groups in total. The second-order valence-electron chi connectivity index (χ2n) is 5.25. The first-order chi connectivity index (χ1) is 10.2.